The van der Waals surface area contributed by atoms with E-state index in [-0.39, 0.29) is 18.1 Å². The molecule has 2 rings (SSSR count). The number of piperidine rings is 1. The Labute approximate surface area is 103 Å². The summed E-state index contributed by atoms with van der Waals surface area (Å²) in [5, 5.41) is 6.36. The molecule has 0 aromatic heterocycles. The standard InChI is InChI=1S/C13H24N2O2/c1-10-2-3-12(17-10)13(16)15-9-6-11-4-7-14-8-5-11/h10-12,14H,2-9H2,1H3,(H,15,16). The summed E-state index contributed by atoms with van der Waals surface area (Å²) in [4.78, 5) is 11.8. The molecule has 0 radical (unpaired) electrons. The third-order valence-electron chi connectivity index (χ3n) is 3.83. The number of hydrogen-bond acceptors (Lipinski definition) is 3. The van der Waals surface area contributed by atoms with Gasteiger partial charge < -0.3 is 15.4 Å². The molecule has 2 aliphatic rings. The summed E-state index contributed by atoms with van der Waals surface area (Å²) >= 11 is 0. The van der Waals surface area contributed by atoms with Gasteiger partial charge in [0.25, 0.3) is 0 Å². The van der Waals surface area contributed by atoms with Crippen LogP contribution in [0.25, 0.3) is 0 Å². The molecule has 0 aromatic rings. The van der Waals surface area contributed by atoms with Crippen molar-refractivity contribution < 1.29 is 9.53 Å². The molecule has 2 aliphatic heterocycles. The van der Waals surface area contributed by atoms with Gasteiger partial charge in [0, 0.05) is 6.54 Å². The molecule has 0 saturated carbocycles. The van der Waals surface area contributed by atoms with E-state index in [0.717, 1.165) is 44.8 Å². The summed E-state index contributed by atoms with van der Waals surface area (Å²) in [6.07, 6.45) is 5.52. The molecule has 1 amide bonds. The van der Waals surface area contributed by atoms with Crippen LogP contribution < -0.4 is 10.6 Å². The van der Waals surface area contributed by atoms with Crippen molar-refractivity contribution in [1.29, 1.82) is 0 Å². The molecule has 0 spiro atoms. The Kier molecular flexibility index (Phi) is 4.80. The number of rotatable bonds is 4. The third-order valence-corrected chi connectivity index (χ3v) is 3.83. The monoisotopic (exact) mass is 240 g/mol. The van der Waals surface area contributed by atoms with Crippen molar-refractivity contribution in [1.82, 2.24) is 10.6 Å². The van der Waals surface area contributed by atoms with Gasteiger partial charge in [0.15, 0.2) is 0 Å². The average Bonchev–Trinajstić information content (AvgIpc) is 2.77. The maximum Gasteiger partial charge on any atom is 0.249 e. The van der Waals surface area contributed by atoms with Crippen molar-refractivity contribution in [2.24, 2.45) is 5.92 Å². The van der Waals surface area contributed by atoms with Gasteiger partial charge in [0.2, 0.25) is 5.91 Å². The highest BCUT2D eigenvalue weighted by Crippen LogP contribution is 2.19. The van der Waals surface area contributed by atoms with Gasteiger partial charge in [-0.2, -0.15) is 0 Å². The van der Waals surface area contributed by atoms with E-state index in [1.165, 1.54) is 12.8 Å². The molecule has 2 N–H and O–H groups in total. The number of amides is 1. The average molecular weight is 240 g/mol. The fraction of sp³-hybridized carbons (Fsp3) is 0.923. The van der Waals surface area contributed by atoms with Crippen LogP contribution in [-0.2, 0) is 9.53 Å². The predicted molar refractivity (Wildman–Crippen MR) is 66.8 cm³/mol. The second-order valence-electron chi connectivity index (χ2n) is 5.29. The first-order chi connectivity index (χ1) is 8.25. The van der Waals surface area contributed by atoms with E-state index in [1.54, 1.807) is 0 Å². The fourth-order valence-electron chi connectivity index (χ4n) is 2.68. The van der Waals surface area contributed by atoms with E-state index in [0.29, 0.717) is 0 Å². The lowest BCUT2D eigenvalue weighted by atomic mass is 9.95. The summed E-state index contributed by atoms with van der Waals surface area (Å²) in [5.41, 5.74) is 0. The van der Waals surface area contributed by atoms with Crippen molar-refractivity contribution in [3.8, 4) is 0 Å². The number of nitrogens with one attached hydrogen (secondary N) is 2. The predicted octanol–water partition coefficient (Wildman–Crippen LogP) is 1.06. The van der Waals surface area contributed by atoms with Crippen molar-refractivity contribution >= 4 is 5.91 Å². The largest absolute Gasteiger partial charge is 0.365 e. The Morgan fingerprint density at radius 3 is 2.71 bits per heavy atom. The van der Waals surface area contributed by atoms with Crippen LogP contribution in [0.2, 0.25) is 0 Å². The molecular weight excluding hydrogens is 216 g/mol. The molecule has 2 saturated heterocycles. The van der Waals surface area contributed by atoms with Crippen LogP contribution in [0.1, 0.15) is 39.0 Å². The van der Waals surface area contributed by atoms with Gasteiger partial charge in [0.05, 0.1) is 6.10 Å². The van der Waals surface area contributed by atoms with E-state index in [4.69, 9.17) is 4.74 Å². The molecule has 0 aliphatic carbocycles. The highest BCUT2D eigenvalue weighted by atomic mass is 16.5. The van der Waals surface area contributed by atoms with E-state index in [2.05, 4.69) is 10.6 Å². The summed E-state index contributed by atoms with van der Waals surface area (Å²) in [6.45, 7) is 5.09. The SMILES string of the molecule is CC1CCC(C(=O)NCCC2CCNCC2)O1. The fourth-order valence-corrected chi connectivity index (χ4v) is 2.68. The van der Waals surface area contributed by atoms with E-state index in [9.17, 15) is 4.79 Å². The lowest BCUT2D eigenvalue weighted by Crippen LogP contribution is -2.36. The molecule has 17 heavy (non-hydrogen) atoms. The normalized spacial score (nSPS) is 30.4. The molecular formula is C13H24N2O2. The Morgan fingerprint density at radius 2 is 2.06 bits per heavy atom. The zero-order valence-electron chi connectivity index (χ0n) is 10.7. The van der Waals surface area contributed by atoms with Gasteiger partial charge in [-0.25, -0.2) is 0 Å². The summed E-state index contributed by atoms with van der Waals surface area (Å²) in [7, 11) is 0. The van der Waals surface area contributed by atoms with Crippen molar-refractivity contribution in [3.05, 3.63) is 0 Å². The molecule has 4 nitrogen and oxygen atoms in total. The van der Waals surface area contributed by atoms with Crippen LogP contribution in [0.15, 0.2) is 0 Å². The quantitative estimate of drug-likeness (QED) is 0.772. The third kappa shape index (κ3) is 3.96. The van der Waals surface area contributed by atoms with Gasteiger partial charge in [-0.05, 0) is 58.0 Å². The van der Waals surface area contributed by atoms with Crippen molar-refractivity contribution in [3.63, 3.8) is 0 Å². The Hall–Kier alpha value is -0.610. The van der Waals surface area contributed by atoms with Crippen LogP contribution in [0, 0.1) is 5.92 Å². The van der Waals surface area contributed by atoms with Crippen LogP contribution in [0.5, 0.6) is 0 Å². The van der Waals surface area contributed by atoms with Gasteiger partial charge in [-0.3, -0.25) is 4.79 Å². The number of carbonyl (C=O) groups excluding carboxylic acids is 1. The Bertz CT molecular complexity index is 252. The van der Waals surface area contributed by atoms with Crippen LogP contribution in [0.3, 0.4) is 0 Å². The molecule has 2 fully saturated rings. The zero-order chi connectivity index (χ0) is 12.1. The molecule has 4 heteroatoms. The minimum absolute atomic E-state index is 0.0864. The van der Waals surface area contributed by atoms with Crippen molar-refractivity contribution in [2.45, 2.75) is 51.2 Å². The minimum atomic E-state index is -0.196. The Morgan fingerprint density at radius 1 is 1.29 bits per heavy atom. The number of carbonyl (C=O) groups is 1. The van der Waals surface area contributed by atoms with Gasteiger partial charge in [0.1, 0.15) is 6.10 Å². The zero-order valence-corrected chi connectivity index (χ0v) is 10.7. The highest BCUT2D eigenvalue weighted by Gasteiger charge is 2.27. The topological polar surface area (TPSA) is 50.4 Å². The van der Waals surface area contributed by atoms with Crippen LogP contribution in [0.4, 0.5) is 0 Å². The van der Waals surface area contributed by atoms with E-state index < -0.39 is 0 Å². The molecule has 0 bridgehead atoms. The first-order valence-corrected chi connectivity index (χ1v) is 6.89. The van der Waals surface area contributed by atoms with E-state index in [1.807, 2.05) is 6.92 Å². The van der Waals surface area contributed by atoms with Gasteiger partial charge in [-0.1, -0.05) is 0 Å². The molecule has 98 valence electrons. The van der Waals surface area contributed by atoms with Gasteiger partial charge in [-0.15, -0.1) is 0 Å². The molecule has 0 aromatic carbocycles. The summed E-state index contributed by atoms with van der Waals surface area (Å²) in [6, 6.07) is 0. The lowest BCUT2D eigenvalue weighted by molar-refractivity contribution is -0.131. The minimum Gasteiger partial charge on any atom is -0.365 e. The molecule has 2 heterocycles. The maximum absolute atomic E-state index is 11.8. The molecule has 2 unspecified atom stereocenters. The van der Waals surface area contributed by atoms with Crippen LogP contribution >= 0.6 is 0 Å². The molecule has 2 atom stereocenters. The maximum atomic E-state index is 11.8. The number of hydrogen-bond donors (Lipinski definition) is 2. The summed E-state index contributed by atoms with van der Waals surface area (Å²) < 4.78 is 5.54. The first-order valence-electron chi connectivity index (χ1n) is 6.89. The first kappa shape index (κ1) is 12.8. The Balaban J connectivity index is 1.59. The van der Waals surface area contributed by atoms with Crippen molar-refractivity contribution in [2.75, 3.05) is 19.6 Å². The van der Waals surface area contributed by atoms with E-state index >= 15 is 0 Å². The lowest BCUT2D eigenvalue weighted by Gasteiger charge is -2.22. The number of ether oxygens (including phenoxy) is 1. The van der Waals surface area contributed by atoms with Gasteiger partial charge >= 0.3 is 0 Å². The summed E-state index contributed by atoms with van der Waals surface area (Å²) in [5.74, 6) is 0.864. The van der Waals surface area contributed by atoms with Crippen LogP contribution in [-0.4, -0.2) is 37.7 Å². The second kappa shape index (κ2) is 6.36. The smallest absolute Gasteiger partial charge is 0.249 e. The second-order valence-corrected chi connectivity index (χ2v) is 5.29. The highest BCUT2D eigenvalue weighted by molar-refractivity contribution is 5.80.